The third-order valence-corrected chi connectivity index (χ3v) is 6.66. The Morgan fingerprint density at radius 2 is 1.66 bits per heavy atom. The van der Waals surface area contributed by atoms with Crippen LogP contribution in [0.2, 0.25) is 0 Å². The van der Waals surface area contributed by atoms with Crippen LogP contribution in [-0.2, 0) is 21.4 Å². The number of likely N-dealkylation sites (N-methyl/N-ethyl adjacent to an activating group) is 1. The lowest BCUT2D eigenvalue weighted by Gasteiger charge is -2.19. The van der Waals surface area contributed by atoms with Crippen molar-refractivity contribution < 1.29 is 17.6 Å². The highest BCUT2D eigenvalue weighted by atomic mass is 32.2. The third kappa shape index (κ3) is 5.98. The van der Waals surface area contributed by atoms with Gasteiger partial charge in [0.25, 0.3) is 0 Å². The van der Waals surface area contributed by atoms with Crippen LogP contribution in [0.4, 0.5) is 4.39 Å². The summed E-state index contributed by atoms with van der Waals surface area (Å²) in [5.41, 5.74) is 1.44. The van der Waals surface area contributed by atoms with Crippen LogP contribution >= 0.6 is 0 Å². The zero-order valence-electron chi connectivity index (χ0n) is 17.0. The number of rotatable bonds is 9. The SMILES string of the molecule is CCN(Cc1cccc(F)c1)C(=O)/C=C/c1ccc(S(=O)(=O)N(CC)CC)cc1. The topological polar surface area (TPSA) is 57.7 Å². The molecule has 0 saturated heterocycles. The van der Waals surface area contributed by atoms with Crippen molar-refractivity contribution in [3.63, 3.8) is 0 Å². The summed E-state index contributed by atoms with van der Waals surface area (Å²) in [6.45, 7) is 7.08. The number of halogens is 1. The summed E-state index contributed by atoms with van der Waals surface area (Å²) in [5.74, 6) is -0.530. The molecule has 7 heteroatoms. The Hall–Kier alpha value is -2.51. The molecule has 5 nitrogen and oxygen atoms in total. The average Bonchev–Trinajstić information content (AvgIpc) is 2.71. The van der Waals surface area contributed by atoms with Crippen LogP contribution in [0.25, 0.3) is 6.08 Å². The molecule has 0 spiro atoms. The fourth-order valence-corrected chi connectivity index (χ4v) is 4.40. The normalized spacial score (nSPS) is 11.9. The zero-order chi connectivity index (χ0) is 21.4. The van der Waals surface area contributed by atoms with Gasteiger partial charge in [-0.2, -0.15) is 4.31 Å². The van der Waals surface area contributed by atoms with Gasteiger partial charge in [0.2, 0.25) is 15.9 Å². The minimum atomic E-state index is -3.50. The molecule has 156 valence electrons. The third-order valence-electron chi connectivity index (χ3n) is 4.60. The molecule has 1 amide bonds. The highest BCUT2D eigenvalue weighted by molar-refractivity contribution is 7.89. The lowest BCUT2D eigenvalue weighted by molar-refractivity contribution is -0.126. The van der Waals surface area contributed by atoms with Crippen LogP contribution < -0.4 is 0 Å². The van der Waals surface area contributed by atoms with Crippen molar-refractivity contribution in [3.8, 4) is 0 Å². The predicted octanol–water partition coefficient (Wildman–Crippen LogP) is 3.92. The minimum absolute atomic E-state index is 0.198. The van der Waals surface area contributed by atoms with E-state index in [1.54, 1.807) is 61.2 Å². The van der Waals surface area contributed by atoms with Crippen LogP contribution in [0.1, 0.15) is 31.9 Å². The van der Waals surface area contributed by atoms with Crippen LogP contribution in [0.3, 0.4) is 0 Å². The van der Waals surface area contributed by atoms with E-state index < -0.39 is 10.0 Å². The van der Waals surface area contributed by atoms with Crippen LogP contribution in [-0.4, -0.2) is 43.2 Å². The van der Waals surface area contributed by atoms with Gasteiger partial charge in [-0.15, -0.1) is 0 Å². The van der Waals surface area contributed by atoms with E-state index >= 15 is 0 Å². The summed E-state index contributed by atoms with van der Waals surface area (Å²) in [6, 6.07) is 12.6. The van der Waals surface area contributed by atoms with E-state index in [1.807, 2.05) is 6.92 Å². The highest BCUT2D eigenvalue weighted by Gasteiger charge is 2.21. The minimum Gasteiger partial charge on any atom is -0.335 e. The van der Waals surface area contributed by atoms with Crippen molar-refractivity contribution in [2.24, 2.45) is 0 Å². The van der Waals surface area contributed by atoms with Crippen molar-refractivity contribution in [2.75, 3.05) is 19.6 Å². The lowest BCUT2D eigenvalue weighted by Crippen LogP contribution is -2.30. The fraction of sp³-hybridized carbons (Fsp3) is 0.318. The Morgan fingerprint density at radius 3 is 2.21 bits per heavy atom. The first kappa shape index (κ1) is 22.8. The Morgan fingerprint density at radius 1 is 1.00 bits per heavy atom. The number of hydrogen-bond donors (Lipinski definition) is 0. The molecule has 29 heavy (non-hydrogen) atoms. The second-order valence-electron chi connectivity index (χ2n) is 6.47. The van der Waals surface area contributed by atoms with Gasteiger partial charge in [0, 0.05) is 32.3 Å². The molecular weight excluding hydrogens is 391 g/mol. The van der Waals surface area contributed by atoms with Gasteiger partial charge in [-0.3, -0.25) is 4.79 Å². The molecule has 2 aromatic carbocycles. The van der Waals surface area contributed by atoms with Gasteiger partial charge in [-0.05, 0) is 48.4 Å². The molecule has 0 aromatic heterocycles. The predicted molar refractivity (Wildman–Crippen MR) is 113 cm³/mol. The highest BCUT2D eigenvalue weighted by Crippen LogP contribution is 2.17. The molecule has 2 aromatic rings. The number of sulfonamides is 1. The summed E-state index contributed by atoms with van der Waals surface area (Å²) in [7, 11) is -3.50. The van der Waals surface area contributed by atoms with Crippen molar-refractivity contribution in [1.82, 2.24) is 9.21 Å². The van der Waals surface area contributed by atoms with Gasteiger partial charge in [0.05, 0.1) is 4.90 Å². The Kier molecular flexibility index (Phi) is 8.10. The van der Waals surface area contributed by atoms with Crippen molar-refractivity contribution in [2.45, 2.75) is 32.2 Å². The molecule has 0 heterocycles. The first-order valence-corrected chi connectivity index (χ1v) is 11.1. The largest absolute Gasteiger partial charge is 0.335 e. The van der Waals surface area contributed by atoms with Gasteiger partial charge >= 0.3 is 0 Å². The molecule has 0 aliphatic rings. The van der Waals surface area contributed by atoms with Gasteiger partial charge in [0.1, 0.15) is 5.82 Å². The molecular formula is C22H27FN2O3S. The molecule has 0 fully saturated rings. The van der Waals surface area contributed by atoms with Crippen molar-refractivity contribution in [3.05, 3.63) is 71.6 Å². The molecule has 0 N–H and O–H groups in total. The molecule has 0 atom stereocenters. The standard InChI is InChI=1S/C22H27FN2O3S/c1-4-24(17-19-8-7-9-20(23)16-19)22(26)15-12-18-10-13-21(14-11-18)29(27,28)25(5-2)6-3/h7-16H,4-6,17H2,1-3H3/b15-12+. The summed E-state index contributed by atoms with van der Waals surface area (Å²) in [4.78, 5) is 14.3. The summed E-state index contributed by atoms with van der Waals surface area (Å²) in [6.07, 6.45) is 3.08. The van der Waals surface area contributed by atoms with Gasteiger partial charge in [0.15, 0.2) is 0 Å². The van der Waals surface area contributed by atoms with Crippen LogP contribution in [0, 0.1) is 5.82 Å². The molecule has 0 bridgehead atoms. The van der Waals surface area contributed by atoms with E-state index in [0.29, 0.717) is 26.2 Å². The van der Waals surface area contributed by atoms with Gasteiger partial charge in [-0.25, -0.2) is 12.8 Å². The zero-order valence-corrected chi connectivity index (χ0v) is 17.8. The fourth-order valence-electron chi connectivity index (χ4n) is 2.94. The summed E-state index contributed by atoms with van der Waals surface area (Å²) in [5, 5.41) is 0. The van der Waals surface area contributed by atoms with E-state index in [9.17, 15) is 17.6 Å². The Labute approximate surface area is 172 Å². The maximum atomic E-state index is 13.3. The molecule has 2 rings (SSSR count). The molecule has 0 saturated carbocycles. The maximum Gasteiger partial charge on any atom is 0.246 e. The number of carbonyl (C=O) groups excluding carboxylic acids is 1. The molecule has 0 aliphatic heterocycles. The smallest absolute Gasteiger partial charge is 0.246 e. The van der Waals surface area contributed by atoms with Crippen LogP contribution in [0.5, 0.6) is 0 Å². The van der Waals surface area contributed by atoms with E-state index in [-0.39, 0.29) is 16.6 Å². The monoisotopic (exact) mass is 418 g/mol. The van der Waals surface area contributed by atoms with E-state index in [2.05, 4.69) is 0 Å². The molecule has 0 aliphatic carbocycles. The van der Waals surface area contributed by atoms with Gasteiger partial charge < -0.3 is 4.90 Å². The number of carbonyl (C=O) groups is 1. The Balaban J connectivity index is 2.09. The van der Waals surface area contributed by atoms with Gasteiger partial charge in [-0.1, -0.05) is 38.1 Å². The van der Waals surface area contributed by atoms with E-state index in [0.717, 1.165) is 11.1 Å². The summed E-state index contributed by atoms with van der Waals surface area (Å²) >= 11 is 0. The number of benzene rings is 2. The Bertz CT molecular complexity index is 952. The summed E-state index contributed by atoms with van der Waals surface area (Å²) < 4.78 is 39.8. The van der Waals surface area contributed by atoms with Crippen molar-refractivity contribution in [1.29, 1.82) is 0 Å². The molecule has 0 radical (unpaired) electrons. The van der Waals surface area contributed by atoms with E-state index in [4.69, 9.17) is 0 Å². The van der Waals surface area contributed by atoms with Crippen molar-refractivity contribution >= 4 is 22.0 Å². The number of nitrogens with zero attached hydrogens (tertiary/aromatic N) is 2. The molecule has 0 unspecified atom stereocenters. The first-order chi connectivity index (χ1) is 13.8. The number of hydrogen-bond acceptors (Lipinski definition) is 3. The second kappa shape index (κ2) is 10.3. The lowest BCUT2D eigenvalue weighted by atomic mass is 10.2. The van der Waals surface area contributed by atoms with Crippen LogP contribution in [0.15, 0.2) is 59.5 Å². The number of amides is 1. The quantitative estimate of drug-likeness (QED) is 0.580. The first-order valence-electron chi connectivity index (χ1n) is 9.63. The average molecular weight is 419 g/mol. The van der Waals surface area contributed by atoms with E-state index in [1.165, 1.54) is 22.5 Å². The second-order valence-corrected chi connectivity index (χ2v) is 8.41. The maximum absolute atomic E-state index is 13.3.